The van der Waals surface area contributed by atoms with E-state index >= 15 is 0 Å². The van der Waals surface area contributed by atoms with Gasteiger partial charge in [-0.05, 0) is 54.3 Å². The molecule has 0 aromatic heterocycles. The lowest BCUT2D eigenvalue weighted by molar-refractivity contribution is -0.133. The fourth-order valence-electron chi connectivity index (χ4n) is 4.20. The lowest BCUT2D eigenvalue weighted by Gasteiger charge is -2.39. The Labute approximate surface area is 185 Å². The van der Waals surface area contributed by atoms with Crippen LogP contribution in [0.25, 0.3) is 0 Å². The van der Waals surface area contributed by atoms with Gasteiger partial charge in [0.25, 0.3) is 0 Å². The fraction of sp³-hybridized carbons (Fsp3) is 0.962. The Morgan fingerprint density at radius 1 is 0.586 bits per heavy atom. The summed E-state index contributed by atoms with van der Waals surface area (Å²) < 4.78 is 0. The van der Waals surface area contributed by atoms with Crippen LogP contribution in [0.15, 0.2) is 0 Å². The molecular formula is C26H54O2S. The maximum atomic E-state index is 11.8. The molecule has 176 valence electrons. The highest BCUT2D eigenvalue weighted by Crippen LogP contribution is 2.50. The Balaban J connectivity index is 4.71. The summed E-state index contributed by atoms with van der Waals surface area (Å²) in [6.45, 7) is 13.8. The van der Waals surface area contributed by atoms with Gasteiger partial charge in [0.15, 0.2) is 0 Å². The van der Waals surface area contributed by atoms with Crippen molar-refractivity contribution in [3.8, 4) is 0 Å². The molecule has 0 rings (SSSR count). The normalized spacial score (nSPS) is 13.0. The maximum Gasteiger partial charge on any atom is 0.311 e. The van der Waals surface area contributed by atoms with Gasteiger partial charge in [-0.2, -0.15) is 0 Å². The van der Waals surface area contributed by atoms with Crippen molar-refractivity contribution in [3.05, 3.63) is 0 Å². The minimum atomic E-state index is -0.997. The van der Waals surface area contributed by atoms with E-state index in [1.165, 1.54) is 94.3 Å². The molecule has 0 aliphatic carbocycles. The molecule has 1 N–H and O–H groups in total. The van der Waals surface area contributed by atoms with E-state index in [0.717, 1.165) is 17.8 Å². The van der Waals surface area contributed by atoms with Crippen molar-refractivity contribution in [1.82, 2.24) is 0 Å². The van der Waals surface area contributed by atoms with Gasteiger partial charge in [0, 0.05) is 0 Å². The van der Waals surface area contributed by atoms with Crippen molar-refractivity contribution >= 4 is 16.0 Å². The third-order valence-electron chi connectivity index (χ3n) is 6.01. The van der Waals surface area contributed by atoms with Gasteiger partial charge in [0.05, 0.1) is 5.75 Å². The van der Waals surface area contributed by atoms with E-state index in [4.69, 9.17) is 0 Å². The number of carboxylic acids is 1. The van der Waals surface area contributed by atoms with E-state index in [1.54, 1.807) is 0 Å². The van der Waals surface area contributed by atoms with E-state index in [1.807, 2.05) is 0 Å². The van der Waals surface area contributed by atoms with Crippen molar-refractivity contribution in [2.75, 3.05) is 23.0 Å². The first-order valence-corrected chi connectivity index (χ1v) is 14.9. The van der Waals surface area contributed by atoms with Gasteiger partial charge >= 0.3 is 5.97 Å². The number of unbranched alkanes of at least 4 members (excludes halogenated alkanes) is 6. The van der Waals surface area contributed by atoms with Crippen LogP contribution in [0.3, 0.4) is 0 Å². The Bertz CT molecular complexity index is 345. The van der Waals surface area contributed by atoms with Crippen LogP contribution in [0.4, 0.5) is 0 Å². The largest absolute Gasteiger partial charge is 0.481 e. The molecule has 3 heteroatoms. The summed E-state index contributed by atoms with van der Waals surface area (Å²) in [6.07, 6.45) is 15.4. The highest BCUT2D eigenvalue weighted by Gasteiger charge is 2.26. The summed E-state index contributed by atoms with van der Waals surface area (Å²) in [7, 11) is -0.997. The third kappa shape index (κ3) is 18.3. The zero-order chi connectivity index (χ0) is 22.1. The van der Waals surface area contributed by atoms with Crippen LogP contribution >= 0.6 is 10.0 Å². The molecule has 0 radical (unpaired) electrons. The van der Waals surface area contributed by atoms with Gasteiger partial charge in [-0.3, -0.25) is 4.79 Å². The monoisotopic (exact) mass is 430 g/mol. The first-order valence-electron chi connectivity index (χ1n) is 12.6. The summed E-state index contributed by atoms with van der Waals surface area (Å²) in [5, 5.41) is 9.70. The second kappa shape index (κ2) is 17.5. The van der Waals surface area contributed by atoms with Crippen LogP contribution in [-0.4, -0.2) is 34.1 Å². The first-order chi connectivity index (χ1) is 13.7. The highest BCUT2D eigenvalue weighted by molar-refractivity contribution is 8.34. The molecular weight excluding hydrogens is 376 g/mol. The van der Waals surface area contributed by atoms with E-state index in [-0.39, 0.29) is 0 Å². The molecule has 29 heavy (non-hydrogen) atoms. The molecule has 2 nitrogen and oxygen atoms in total. The summed E-state index contributed by atoms with van der Waals surface area (Å²) in [5.74, 6) is 5.87. The molecule has 0 unspecified atom stereocenters. The lowest BCUT2D eigenvalue weighted by atomic mass is 10.1. The van der Waals surface area contributed by atoms with Gasteiger partial charge in [-0.15, -0.1) is 0 Å². The van der Waals surface area contributed by atoms with Crippen LogP contribution in [0.2, 0.25) is 0 Å². The average molecular weight is 431 g/mol. The quantitative estimate of drug-likeness (QED) is 0.196. The number of hydrogen-bond donors (Lipinski definition) is 1. The van der Waals surface area contributed by atoms with Crippen molar-refractivity contribution in [3.63, 3.8) is 0 Å². The molecule has 0 heterocycles. The number of rotatable bonds is 20. The topological polar surface area (TPSA) is 37.3 Å². The Morgan fingerprint density at radius 3 is 1.14 bits per heavy atom. The van der Waals surface area contributed by atoms with E-state index in [9.17, 15) is 9.90 Å². The van der Waals surface area contributed by atoms with E-state index in [2.05, 4.69) is 41.5 Å². The van der Waals surface area contributed by atoms with Gasteiger partial charge in [0.2, 0.25) is 0 Å². The molecule has 0 amide bonds. The molecule has 0 bridgehead atoms. The molecule has 0 saturated carbocycles. The van der Waals surface area contributed by atoms with Crippen LogP contribution < -0.4 is 0 Å². The summed E-state index contributed by atoms with van der Waals surface area (Å²) >= 11 is 0. The third-order valence-corrected chi connectivity index (χ3v) is 10.3. The lowest BCUT2D eigenvalue weighted by Crippen LogP contribution is -2.23. The second-order valence-electron chi connectivity index (χ2n) is 10.6. The zero-order valence-electron chi connectivity index (χ0n) is 20.8. The Hall–Kier alpha value is -0.180. The van der Waals surface area contributed by atoms with Crippen LogP contribution in [0, 0.1) is 17.8 Å². The second-order valence-corrected chi connectivity index (χ2v) is 14.6. The zero-order valence-corrected chi connectivity index (χ0v) is 21.6. The molecule has 0 fully saturated rings. The average Bonchev–Trinajstić information content (AvgIpc) is 2.59. The fourth-order valence-corrected chi connectivity index (χ4v) is 8.22. The summed E-state index contributed by atoms with van der Waals surface area (Å²) in [4.78, 5) is 11.8. The van der Waals surface area contributed by atoms with Crippen molar-refractivity contribution in [2.24, 2.45) is 17.8 Å². The molecule has 0 aliphatic rings. The first kappa shape index (κ1) is 28.8. The van der Waals surface area contributed by atoms with Crippen LogP contribution in [0.1, 0.15) is 119 Å². The van der Waals surface area contributed by atoms with E-state index < -0.39 is 16.0 Å². The van der Waals surface area contributed by atoms with Crippen molar-refractivity contribution in [1.29, 1.82) is 0 Å². The number of hydrogen-bond acceptors (Lipinski definition) is 1. The van der Waals surface area contributed by atoms with Crippen molar-refractivity contribution < 1.29 is 9.90 Å². The molecule has 0 aliphatic heterocycles. The molecule has 0 atom stereocenters. The molecule has 0 saturated heterocycles. The Morgan fingerprint density at radius 2 is 0.897 bits per heavy atom. The van der Waals surface area contributed by atoms with Gasteiger partial charge in [0.1, 0.15) is 0 Å². The van der Waals surface area contributed by atoms with Crippen LogP contribution in [-0.2, 0) is 4.79 Å². The van der Waals surface area contributed by atoms with E-state index in [0.29, 0.717) is 5.75 Å². The summed E-state index contributed by atoms with van der Waals surface area (Å²) in [5.41, 5.74) is 0. The minimum Gasteiger partial charge on any atom is -0.481 e. The molecule has 0 aromatic rings. The minimum absolute atomic E-state index is 0.464. The SMILES string of the molecule is CC(C)CCCCCS(CCCCCC(C)C)(CCCCCC(C)C)CC(=O)O. The predicted molar refractivity (Wildman–Crippen MR) is 135 cm³/mol. The Kier molecular flexibility index (Phi) is 17.4. The molecule has 0 spiro atoms. The van der Waals surface area contributed by atoms with Gasteiger partial charge in [-0.1, -0.05) is 99.3 Å². The van der Waals surface area contributed by atoms with Crippen LogP contribution in [0.5, 0.6) is 0 Å². The number of aliphatic carboxylic acids is 1. The van der Waals surface area contributed by atoms with Gasteiger partial charge in [-0.25, -0.2) is 10.0 Å². The summed E-state index contributed by atoms with van der Waals surface area (Å²) in [6, 6.07) is 0. The standard InChI is InChI=1S/C26H54O2S/c1-23(2)16-10-7-13-19-29(22-26(27)28,20-14-8-11-17-24(3)4)21-15-9-12-18-25(5)6/h23-25H,7-22H2,1-6H3,(H,27,28). The highest BCUT2D eigenvalue weighted by atomic mass is 32.3. The smallest absolute Gasteiger partial charge is 0.311 e. The molecule has 0 aromatic carbocycles. The van der Waals surface area contributed by atoms with Crippen molar-refractivity contribution in [2.45, 2.75) is 119 Å². The number of carbonyl (C=O) groups is 1. The predicted octanol–water partition coefficient (Wildman–Crippen LogP) is 8.52. The van der Waals surface area contributed by atoms with Gasteiger partial charge < -0.3 is 5.11 Å². The maximum absolute atomic E-state index is 11.8. The number of carboxylic acid groups (broad SMARTS) is 1.